The van der Waals surface area contributed by atoms with Crippen LogP contribution in [0.4, 0.5) is 22.0 Å². The summed E-state index contributed by atoms with van der Waals surface area (Å²) < 4.78 is 58.0. The van der Waals surface area contributed by atoms with E-state index in [1.165, 1.54) is 0 Å². The number of halogens is 5. The van der Waals surface area contributed by atoms with Crippen LogP contribution in [0.5, 0.6) is 0 Å². The van der Waals surface area contributed by atoms with Gasteiger partial charge in [-0.15, -0.1) is 0 Å². The van der Waals surface area contributed by atoms with Crippen LogP contribution < -0.4 is 29.6 Å². The summed E-state index contributed by atoms with van der Waals surface area (Å²) in [6, 6.07) is 0. The molecule has 0 spiro atoms. The molecular weight excluding hydrogens is 210 g/mol. The quantitative estimate of drug-likeness (QED) is 0.348. The van der Waals surface area contributed by atoms with Crippen LogP contribution >= 0.6 is 0 Å². The smallest absolute Gasteiger partial charge is 0.793 e. The van der Waals surface area contributed by atoms with E-state index in [1.807, 2.05) is 0 Å². The van der Waals surface area contributed by atoms with Crippen LogP contribution in [0.15, 0.2) is 0 Å². The predicted molar refractivity (Wildman–Crippen MR) is 32.5 cm³/mol. The van der Waals surface area contributed by atoms with Crippen LogP contribution in [0.25, 0.3) is 0 Å². The van der Waals surface area contributed by atoms with E-state index in [9.17, 15) is 22.0 Å². The van der Waals surface area contributed by atoms with Crippen LogP contribution in [0.2, 0.25) is 0 Å². The Morgan fingerprint density at radius 1 is 1.00 bits per heavy atom. The predicted octanol–water partition coefficient (Wildman–Crippen LogP) is -0.485. The van der Waals surface area contributed by atoms with Crippen molar-refractivity contribution in [1.29, 1.82) is 0 Å². The van der Waals surface area contributed by atoms with E-state index in [2.05, 4.69) is 12.6 Å². The second-order valence-corrected chi connectivity index (χ2v) is 2.42. The minimum absolute atomic E-state index is 0. The molecule has 0 bridgehead atoms. The first-order valence-corrected chi connectivity index (χ1v) is 3.41. The van der Waals surface area contributed by atoms with Crippen molar-refractivity contribution >= 4 is 12.6 Å². The summed E-state index contributed by atoms with van der Waals surface area (Å²) in [5.74, 6) is -4.66. The Hall–Kier alpha value is 1.00. The first-order valence-electron chi connectivity index (χ1n) is 2.84. The van der Waals surface area contributed by atoms with E-state index in [0.29, 0.717) is 0 Å². The molecule has 0 aliphatic rings. The van der Waals surface area contributed by atoms with Gasteiger partial charge < -0.3 is 12.6 Å². The van der Waals surface area contributed by atoms with Gasteiger partial charge in [-0.1, -0.05) is 6.42 Å². The first-order chi connectivity index (χ1) is 4.81. The molecule has 0 heterocycles. The molecule has 0 saturated carbocycles. The van der Waals surface area contributed by atoms with Crippen molar-refractivity contribution in [3.8, 4) is 0 Å². The van der Waals surface area contributed by atoms with Gasteiger partial charge in [0.05, 0.1) is 0 Å². The van der Waals surface area contributed by atoms with Gasteiger partial charge in [0.15, 0.2) is 0 Å². The van der Waals surface area contributed by atoms with E-state index >= 15 is 0 Å². The summed E-state index contributed by atoms with van der Waals surface area (Å²) in [6.45, 7) is 0. The third-order valence-corrected chi connectivity index (χ3v) is 1.34. The van der Waals surface area contributed by atoms with Crippen molar-refractivity contribution in [2.24, 2.45) is 0 Å². The van der Waals surface area contributed by atoms with Crippen LogP contribution in [-0.4, -0.2) is 17.9 Å². The van der Waals surface area contributed by atoms with E-state index in [0.717, 1.165) is 0 Å². The van der Waals surface area contributed by atoms with Gasteiger partial charge in [0.25, 0.3) is 0 Å². The van der Waals surface area contributed by atoms with E-state index in [1.54, 1.807) is 0 Å². The van der Waals surface area contributed by atoms with E-state index < -0.39 is 18.5 Å². The Balaban J connectivity index is 0. The Kier molecular flexibility index (Phi) is 7.31. The molecule has 68 valence electrons. The summed E-state index contributed by atoms with van der Waals surface area (Å²) in [6.07, 6.45) is -6.93. The Morgan fingerprint density at radius 3 is 1.67 bits per heavy atom. The zero-order valence-corrected chi connectivity index (χ0v) is 9.24. The third kappa shape index (κ3) is 4.89. The van der Waals surface area contributed by atoms with E-state index in [-0.39, 0.29) is 41.7 Å². The molecule has 0 aromatic rings. The maximum absolute atomic E-state index is 11.9. The van der Waals surface area contributed by atoms with Gasteiger partial charge in [0.2, 0.25) is 0 Å². The SMILES string of the molecule is FC(F)(F)C(F)(F)CCC[S-].[Na+]. The Bertz CT molecular complexity index is 123. The van der Waals surface area contributed by atoms with Gasteiger partial charge in [0.1, 0.15) is 0 Å². The second-order valence-electron chi connectivity index (χ2n) is 2.01. The Labute approximate surface area is 94.6 Å². The zero-order chi connectivity index (χ0) is 9.12. The monoisotopic (exact) mass is 216 g/mol. The molecule has 0 amide bonds. The minimum atomic E-state index is -5.43. The fraction of sp³-hybridized carbons (Fsp3) is 1.00. The maximum Gasteiger partial charge on any atom is 1.00 e. The topological polar surface area (TPSA) is 0 Å². The molecule has 12 heavy (non-hydrogen) atoms. The van der Waals surface area contributed by atoms with Gasteiger partial charge in [0, 0.05) is 6.42 Å². The summed E-state index contributed by atoms with van der Waals surface area (Å²) in [7, 11) is 0. The van der Waals surface area contributed by atoms with Crippen molar-refractivity contribution in [1.82, 2.24) is 0 Å². The standard InChI is InChI=1S/C5H7F5S.Na/c6-4(7,2-1-3-11)5(8,9)10;/h11H,1-3H2;/q;+1/p-1. The molecule has 0 unspecified atom stereocenters. The molecule has 0 aromatic heterocycles. The summed E-state index contributed by atoms with van der Waals surface area (Å²) >= 11 is 4.24. The van der Waals surface area contributed by atoms with Crippen molar-refractivity contribution < 1.29 is 51.5 Å². The van der Waals surface area contributed by atoms with Crippen LogP contribution in [0.1, 0.15) is 12.8 Å². The number of hydrogen-bond acceptors (Lipinski definition) is 1. The van der Waals surface area contributed by atoms with Crippen molar-refractivity contribution in [3.05, 3.63) is 0 Å². The fourth-order valence-corrected chi connectivity index (χ4v) is 0.580. The van der Waals surface area contributed by atoms with Crippen LogP contribution in [-0.2, 0) is 12.6 Å². The van der Waals surface area contributed by atoms with Gasteiger partial charge in [-0.25, -0.2) is 0 Å². The van der Waals surface area contributed by atoms with Crippen molar-refractivity contribution in [3.63, 3.8) is 0 Å². The second kappa shape index (κ2) is 5.67. The normalized spacial score (nSPS) is 12.5. The Morgan fingerprint density at radius 2 is 1.42 bits per heavy atom. The molecule has 0 aliphatic carbocycles. The molecule has 0 N–H and O–H groups in total. The average Bonchev–Trinajstić information content (AvgIpc) is 1.81. The van der Waals surface area contributed by atoms with Crippen LogP contribution in [0, 0.1) is 0 Å². The molecule has 0 aliphatic heterocycles. The molecule has 0 fully saturated rings. The largest absolute Gasteiger partial charge is 1.00 e. The zero-order valence-electron chi connectivity index (χ0n) is 6.42. The fourth-order valence-electron chi connectivity index (χ4n) is 0.436. The number of hydrogen-bond donors (Lipinski definition) is 0. The molecular formula is C5H6F5NaS. The summed E-state index contributed by atoms with van der Waals surface area (Å²) in [4.78, 5) is 0. The molecule has 0 atom stereocenters. The van der Waals surface area contributed by atoms with Gasteiger partial charge in [-0.05, 0) is 0 Å². The van der Waals surface area contributed by atoms with Gasteiger partial charge in [-0.2, -0.15) is 27.7 Å². The maximum atomic E-state index is 11.9. The third-order valence-electron chi connectivity index (χ3n) is 1.05. The average molecular weight is 216 g/mol. The molecule has 0 aromatic carbocycles. The first kappa shape index (κ1) is 15.5. The number of alkyl halides is 5. The summed E-state index contributed by atoms with van der Waals surface area (Å²) in [5, 5.41) is 0. The minimum Gasteiger partial charge on any atom is -0.793 e. The summed E-state index contributed by atoms with van der Waals surface area (Å²) in [5.41, 5.74) is 0. The molecule has 0 nitrogen and oxygen atoms in total. The van der Waals surface area contributed by atoms with Crippen molar-refractivity contribution in [2.45, 2.75) is 24.9 Å². The molecule has 0 saturated heterocycles. The van der Waals surface area contributed by atoms with Gasteiger partial charge >= 0.3 is 41.7 Å². The van der Waals surface area contributed by atoms with Crippen LogP contribution in [0.3, 0.4) is 0 Å². The molecule has 0 rings (SSSR count). The number of rotatable bonds is 3. The van der Waals surface area contributed by atoms with Gasteiger partial charge in [-0.3, -0.25) is 0 Å². The van der Waals surface area contributed by atoms with Crippen molar-refractivity contribution in [2.75, 3.05) is 5.75 Å². The van der Waals surface area contributed by atoms with E-state index in [4.69, 9.17) is 0 Å². The molecule has 7 heteroatoms. The molecule has 0 radical (unpaired) electrons.